The van der Waals surface area contributed by atoms with Crippen molar-refractivity contribution in [1.82, 2.24) is 9.97 Å². The molecule has 16 heavy (non-hydrogen) atoms. The Hall–Kier alpha value is -2.23. The molecule has 0 aliphatic rings. The van der Waals surface area contributed by atoms with Gasteiger partial charge in [0.15, 0.2) is 0 Å². The monoisotopic (exact) mass is 213 g/mol. The van der Waals surface area contributed by atoms with E-state index in [1.807, 2.05) is 13.0 Å². The lowest BCUT2D eigenvalue weighted by molar-refractivity contribution is 0.102. The third-order valence-electron chi connectivity index (χ3n) is 2.23. The van der Waals surface area contributed by atoms with Crippen molar-refractivity contribution in [3.8, 4) is 0 Å². The highest BCUT2D eigenvalue weighted by Gasteiger charge is 2.06. The van der Waals surface area contributed by atoms with Crippen molar-refractivity contribution >= 4 is 11.6 Å². The summed E-state index contributed by atoms with van der Waals surface area (Å²) in [5.41, 5.74) is 2.29. The minimum atomic E-state index is -0.154. The lowest BCUT2D eigenvalue weighted by Gasteiger charge is -2.06. The fourth-order valence-electron chi connectivity index (χ4n) is 1.29. The molecule has 4 heteroatoms. The highest BCUT2D eigenvalue weighted by atomic mass is 16.1. The molecule has 1 N–H and O–H groups in total. The third-order valence-corrected chi connectivity index (χ3v) is 2.23. The van der Waals surface area contributed by atoms with E-state index in [1.165, 1.54) is 0 Å². The van der Waals surface area contributed by atoms with Gasteiger partial charge >= 0.3 is 0 Å². The summed E-state index contributed by atoms with van der Waals surface area (Å²) in [6, 6.07) is 5.18. The van der Waals surface area contributed by atoms with Crippen molar-refractivity contribution in [3.63, 3.8) is 0 Å². The second-order valence-electron chi connectivity index (χ2n) is 3.38. The number of hydrogen-bond donors (Lipinski definition) is 1. The fraction of sp³-hybridized carbons (Fsp3) is 0.0833. The van der Waals surface area contributed by atoms with Gasteiger partial charge in [-0.2, -0.15) is 0 Å². The molecule has 2 heterocycles. The summed E-state index contributed by atoms with van der Waals surface area (Å²) in [5, 5.41) is 2.80. The number of nitrogens with zero attached hydrogens (tertiary/aromatic N) is 2. The normalized spacial score (nSPS) is 9.81. The van der Waals surface area contributed by atoms with Gasteiger partial charge in [0.25, 0.3) is 5.91 Å². The smallest absolute Gasteiger partial charge is 0.255 e. The lowest BCUT2D eigenvalue weighted by Crippen LogP contribution is -2.12. The van der Waals surface area contributed by atoms with Crippen LogP contribution in [0.25, 0.3) is 0 Å². The van der Waals surface area contributed by atoms with Crippen LogP contribution >= 0.6 is 0 Å². The van der Waals surface area contributed by atoms with Gasteiger partial charge in [-0.05, 0) is 30.7 Å². The number of hydrogen-bond acceptors (Lipinski definition) is 3. The maximum atomic E-state index is 11.8. The van der Waals surface area contributed by atoms with E-state index in [4.69, 9.17) is 0 Å². The first kappa shape index (κ1) is 10.3. The maximum Gasteiger partial charge on any atom is 0.255 e. The van der Waals surface area contributed by atoms with Crippen LogP contribution in [0.15, 0.2) is 43.0 Å². The molecule has 0 fully saturated rings. The van der Waals surface area contributed by atoms with E-state index in [-0.39, 0.29) is 5.91 Å². The molecule has 0 saturated heterocycles. The molecular weight excluding hydrogens is 202 g/mol. The summed E-state index contributed by atoms with van der Waals surface area (Å²) in [7, 11) is 0. The number of carbonyl (C=O) groups is 1. The summed E-state index contributed by atoms with van der Waals surface area (Å²) in [5.74, 6) is -0.154. The van der Waals surface area contributed by atoms with Crippen molar-refractivity contribution in [1.29, 1.82) is 0 Å². The Labute approximate surface area is 93.4 Å². The number of aromatic nitrogens is 2. The predicted octanol–water partition coefficient (Wildman–Crippen LogP) is 2.04. The number of nitrogens with one attached hydrogen (secondary N) is 1. The number of aryl methyl sites for hydroxylation is 1. The maximum absolute atomic E-state index is 11.8. The number of pyridine rings is 2. The van der Waals surface area contributed by atoms with Crippen molar-refractivity contribution < 1.29 is 4.79 Å². The molecule has 0 spiro atoms. The van der Waals surface area contributed by atoms with Crippen LogP contribution in [0.5, 0.6) is 0 Å². The first-order valence-corrected chi connectivity index (χ1v) is 4.89. The average molecular weight is 213 g/mol. The Bertz CT molecular complexity index is 497. The quantitative estimate of drug-likeness (QED) is 0.830. The molecule has 0 aromatic carbocycles. The zero-order chi connectivity index (χ0) is 11.4. The van der Waals surface area contributed by atoms with E-state index in [9.17, 15) is 4.79 Å². The third kappa shape index (κ3) is 2.23. The molecule has 4 nitrogen and oxygen atoms in total. The minimum Gasteiger partial charge on any atom is -0.320 e. The van der Waals surface area contributed by atoms with Crippen LogP contribution in [-0.4, -0.2) is 15.9 Å². The highest BCUT2D eigenvalue weighted by molar-refractivity contribution is 6.04. The zero-order valence-corrected chi connectivity index (χ0v) is 8.84. The summed E-state index contributed by atoms with van der Waals surface area (Å²) >= 11 is 0. The molecule has 2 rings (SSSR count). The molecule has 0 radical (unpaired) electrons. The number of rotatable bonds is 2. The van der Waals surface area contributed by atoms with Gasteiger partial charge in [-0.15, -0.1) is 0 Å². The largest absolute Gasteiger partial charge is 0.320 e. The molecule has 0 saturated carbocycles. The van der Waals surface area contributed by atoms with Crippen molar-refractivity contribution in [2.75, 3.05) is 5.32 Å². The minimum absolute atomic E-state index is 0.154. The molecule has 0 aliphatic carbocycles. The van der Waals surface area contributed by atoms with Gasteiger partial charge in [0.1, 0.15) is 0 Å². The van der Waals surface area contributed by atoms with E-state index in [0.29, 0.717) is 5.56 Å². The Balaban J connectivity index is 2.18. The molecule has 2 aromatic rings. The number of anilines is 1. The van der Waals surface area contributed by atoms with Gasteiger partial charge in [0.2, 0.25) is 0 Å². The van der Waals surface area contributed by atoms with Crippen LogP contribution in [0.4, 0.5) is 5.69 Å². The van der Waals surface area contributed by atoms with Crippen molar-refractivity contribution in [3.05, 3.63) is 54.1 Å². The van der Waals surface area contributed by atoms with Crippen molar-refractivity contribution in [2.24, 2.45) is 0 Å². The van der Waals surface area contributed by atoms with Gasteiger partial charge in [-0.3, -0.25) is 14.8 Å². The molecule has 1 amide bonds. The van der Waals surface area contributed by atoms with Crippen LogP contribution in [0.3, 0.4) is 0 Å². The van der Waals surface area contributed by atoms with Gasteiger partial charge < -0.3 is 5.32 Å². The second kappa shape index (κ2) is 4.53. The summed E-state index contributed by atoms with van der Waals surface area (Å²) in [4.78, 5) is 19.6. The molecular formula is C12H11N3O. The number of carbonyl (C=O) groups excluding carboxylic acids is 1. The molecule has 80 valence electrons. The summed E-state index contributed by atoms with van der Waals surface area (Å²) < 4.78 is 0. The first-order valence-electron chi connectivity index (χ1n) is 4.89. The predicted molar refractivity (Wildman–Crippen MR) is 61.2 cm³/mol. The molecule has 0 unspecified atom stereocenters. The highest BCUT2D eigenvalue weighted by Crippen LogP contribution is 2.12. The van der Waals surface area contributed by atoms with E-state index in [1.54, 1.807) is 36.9 Å². The van der Waals surface area contributed by atoms with E-state index in [0.717, 1.165) is 11.3 Å². The average Bonchev–Trinajstić information content (AvgIpc) is 2.33. The SMILES string of the molecule is Cc1ccncc1NC(=O)c1ccncc1. The molecule has 0 bridgehead atoms. The Morgan fingerprint density at radius 1 is 1.12 bits per heavy atom. The second-order valence-corrected chi connectivity index (χ2v) is 3.38. The summed E-state index contributed by atoms with van der Waals surface area (Å²) in [6.07, 6.45) is 6.50. The summed E-state index contributed by atoms with van der Waals surface area (Å²) in [6.45, 7) is 1.92. The van der Waals surface area contributed by atoms with Crippen LogP contribution in [-0.2, 0) is 0 Å². The van der Waals surface area contributed by atoms with Gasteiger partial charge in [-0.1, -0.05) is 0 Å². The van der Waals surface area contributed by atoms with Gasteiger partial charge in [-0.25, -0.2) is 0 Å². The van der Waals surface area contributed by atoms with Crippen molar-refractivity contribution in [2.45, 2.75) is 6.92 Å². The first-order chi connectivity index (χ1) is 7.77. The molecule has 0 atom stereocenters. The lowest BCUT2D eigenvalue weighted by atomic mass is 10.2. The van der Waals surface area contributed by atoms with E-state index >= 15 is 0 Å². The molecule has 0 aliphatic heterocycles. The Morgan fingerprint density at radius 2 is 1.81 bits per heavy atom. The molecule has 2 aromatic heterocycles. The van der Waals surface area contributed by atoms with Crippen LogP contribution < -0.4 is 5.32 Å². The topological polar surface area (TPSA) is 54.9 Å². The fourth-order valence-corrected chi connectivity index (χ4v) is 1.29. The zero-order valence-electron chi connectivity index (χ0n) is 8.84. The van der Waals surface area contributed by atoms with Crippen LogP contribution in [0.2, 0.25) is 0 Å². The van der Waals surface area contributed by atoms with Gasteiger partial charge in [0.05, 0.1) is 11.9 Å². The number of amides is 1. The van der Waals surface area contributed by atoms with Crippen LogP contribution in [0, 0.1) is 6.92 Å². The van der Waals surface area contributed by atoms with Gasteiger partial charge in [0, 0.05) is 24.2 Å². The van der Waals surface area contributed by atoms with Crippen LogP contribution in [0.1, 0.15) is 15.9 Å². The standard InChI is InChI=1S/C12H11N3O/c1-9-2-5-14-8-11(9)15-12(16)10-3-6-13-7-4-10/h2-8H,1H3,(H,15,16). The Morgan fingerprint density at radius 3 is 2.50 bits per heavy atom. The Kier molecular flexibility index (Phi) is 2.91. The van der Waals surface area contributed by atoms with E-state index < -0.39 is 0 Å². The van der Waals surface area contributed by atoms with E-state index in [2.05, 4.69) is 15.3 Å².